The molecule has 0 spiro atoms. The maximum Gasteiger partial charge on any atom is 0.222 e. The van der Waals surface area contributed by atoms with E-state index in [9.17, 15) is 5.26 Å². The lowest BCUT2D eigenvalue weighted by molar-refractivity contribution is 1.10. The van der Waals surface area contributed by atoms with Crippen LogP contribution in [0.25, 0.3) is 27.6 Å². The highest BCUT2D eigenvalue weighted by atomic mass is 32.1. The normalized spacial score (nSPS) is 11.1. The minimum absolute atomic E-state index is 0.558. The van der Waals surface area contributed by atoms with E-state index in [4.69, 9.17) is 4.98 Å². The largest absolute Gasteiger partial charge is 0.357 e. The number of fused-ring (bicyclic) bond motifs is 1. The summed E-state index contributed by atoms with van der Waals surface area (Å²) >= 11 is 1.61. The van der Waals surface area contributed by atoms with E-state index in [1.54, 1.807) is 24.6 Å². The molecule has 4 rings (SSSR count). The quantitative estimate of drug-likeness (QED) is 0.523. The predicted octanol–water partition coefficient (Wildman–Crippen LogP) is 4.98. The Labute approximate surface area is 173 Å². The van der Waals surface area contributed by atoms with Gasteiger partial charge in [-0.1, -0.05) is 0 Å². The zero-order valence-corrected chi connectivity index (χ0v) is 18.2. The summed E-state index contributed by atoms with van der Waals surface area (Å²) in [4.78, 5) is 14.8. The summed E-state index contributed by atoms with van der Waals surface area (Å²) < 4.78 is 2.14. The Morgan fingerprint density at radius 2 is 1.79 bits per heavy atom. The molecule has 0 radical (unpaired) electrons. The van der Waals surface area contributed by atoms with Gasteiger partial charge in [0.05, 0.1) is 17.3 Å². The van der Waals surface area contributed by atoms with E-state index in [1.807, 2.05) is 19.9 Å². The van der Waals surface area contributed by atoms with Crippen LogP contribution in [0.3, 0.4) is 0 Å². The van der Waals surface area contributed by atoms with Crippen molar-refractivity contribution in [2.75, 3.05) is 12.4 Å². The van der Waals surface area contributed by atoms with Gasteiger partial charge in [-0.2, -0.15) is 5.26 Å². The van der Waals surface area contributed by atoms with Gasteiger partial charge in [-0.15, -0.1) is 11.3 Å². The van der Waals surface area contributed by atoms with Gasteiger partial charge in [0.2, 0.25) is 5.95 Å². The molecular formula is C22H22N6S. The second kappa shape index (κ2) is 6.98. The van der Waals surface area contributed by atoms with Gasteiger partial charge in [-0.3, -0.25) is 4.40 Å². The highest BCUT2D eigenvalue weighted by Crippen LogP contribution is 2.40. The molecule has 0 amide bonds. The Balaban J connectivity index is 2.15. The molecule has 0 atom stereocenters. The van der Waals surface area contributed by atoms with E-state index < -0.39 is 0 Å². The van der Waals surface area contributed by atoms with Gasteiger partial charge in [0.15, 0.2) is 4.96 Å². The van der Waals surface area contributed by atoms with Crippen LogP contribution >= 0.6 is 11.3 Å². The van der Waals surface area contributed by atoms with Crippen molar-refractivity contribution in [2.24, 2.45) is 0 Å². The summed E-state index contributed by atoms with van der Waals surface area (Å²) in [6, 6.07) is 4.30. The predicted molar refractivity (Wildman–Crippen MR) is 117 cm³/mol. The lowest BCUT2D eigenvalue weighted by Crippen LogP contribution is -2.03. The Morgan fingerprint density at radius 3 is 2.48 bits per heavy atom. The van der Waals surface area contributed by atoms with Gasteiger partial charge in [0, 0.05) is 29.9 Å². The summed E-state index contributed by atoms with van der Waals surface area (Å²) in [7, 11) is 1.80. The first-order chi connectivity index (χ1) is 13.9. The van der Waals surface area contributed by atoms with Crippen molar-refractivity contribution in [1.29, 1.82) is 5.26 Å². The van der Waals surface area contributed by atoms with Crippen LogP contribution in [0.4, 0.5) is 5.95 Å². The number of anilines is 1. The van der Waals surface area contributed by atoms with Crippen molar-refractivity contribution in [2.45, 2.75) is 34.6 Å². The highest BCUT2D eigenvalue weighted by molar-refractivity contribution is 7.15. The first-order valence-corrected chi connectivity index (χ1v) is 10.3. The number of hydrogen-bond donors (Lipinski definition) is 1. The van der Waals surface area contributed by atoms with Gasteiger partial charge < -0.3 is 5.32 Å². The third-order valence-corrected chi connectivity index (χ3v) is 6.57. The Morgan fingerprint density at radius 1 is 1.03 bits per heavy atom. The molecule has 3 aromatic heterocycles. The molecule has 0 bridgehead atoms. The molecule has 0 unspecified atom stereocenters. The zero-order chi connectivity index (χ0) is 20.9. The lowest BCUT2D eigenvalue weighted by Gasteiger charge is -2.17. The van der Waals surface area contributed by atoms with E-state index in [0.717, 1.165) is 61.1 Å². The molecular weight excluding hydrogens is 380 g/mol. The molecule has 7 heteroatoms. The molecule has 146 valence electrons. The first-order valence-electron chi connectivity index (χ1n) is 9.37. The molecule has 0 aliphatic rings. The van der Waals surface area contributed by atoms with Gasteiger partial charge in [-0.05, 0) is 62.9 Å². The number of thiazole rings is 1. The molecule has 0 aliphatic heterocycles. The number of aryl methyl sites for hydroxylation is 1. The van der Waals surface area contributed by atoms with E-state index >= 15 is 0 Å². The number of imidazole rings is 1. The average molecular weight is 403 g/mol. The number of aromatic nitrogens is 4. The summed E-state index contributed by atoms with van der Waals surface area (Å²) in [5.74, 6) is 0.558. The Hall–Kier alpha value is -3.24. The van der Waals surface area contributed by atoms with Gasteiger partial charge in [0.25, 0.3) is 0 Å². The third-order valence-electron chi connectivity index (χ3n) is 5.63. The number of nitrogens with zero attached hydrogens (tertiary/aromatic N) is 5. The monoisotopic (exact) mass is 402 g/mol. The van der Waals surface area contributed by atoms with Crippen LogP contribution in [-0.4, -0.2) is 26.4 Å². The molecule has 1 N–H and O–H groups in total. The fourth-order valence-electron chi connectivity index (χ4n) is 3.88. The van der Waals surface area contributed by atoms with Crippen LogP contribution in [0.15, 0.2) is 17.6 Å². The summed E-state index contributed by atoms with van der Waals surface area (Å²) in [5.41, 5.74) is 9.68. The molecule has 0 saturated carbocycles. The second-order valence-corrected chi connectivity index (χ2v) is 8.02. The fourth-order valence-corrected chi connectivity index (χ4v) is 4.75. The van der Waals surface area contributed by atoms with Gasteiger partial charge in [-0.25, -0.2) is 15.0 Å². The van der Waals surface area contributed by atoms with Crippen molar-refractivity contribution in [3.05, 3.63) is 51.2 Å². The number of nitrogens with one attached hydrogen (secondary N) is 1. The summed E-state index contributed by atoms with van der Waals surface area (Å²) in [6.07, 6.45) is 1.75. The molecule has 4 aromatic rings. The number of hydrogen-bond acceptors (Lipinski definition) is 6. The van der Waals surface area contributed by atoms with Crippen molar-refractivity contribution in [3.63, 3.8) is 0 Å². The number of rotatable bonds is 3. The van der Waals surface area contributed by atoms with E-state index in [1.165, 1.54) is 0 Å². The molecule has 1 aromatic carbocycles. The lowest BCUT2D eigenvalue weighted by atomic mass is 9.87. The minimum Gasteiger partial charge on any atom is -0.357 e. The van der Waals surface area contributed by atoms with Crippen molar-refractivity contribution in [3.8, 4) is 28.7 Å². The molecule has 6 nitrogen and oxygen atoms in total. The van der Waals surface area contributed by atoms with E-state index in [0.29, 0.717) is 5.95 Å². The standard InChI is InChI=1S/C22H22N6S/c1-11-10-29-22-27-19(18-14(4)12(2)13(3)16(9-23)15(18)5)20(28(11)22)17-7-8-25-21(24-6)26-17/h7-8,10H,1-6H3,(H,24,25,26). The van der Waals surface area contributed by atoms with Crippen LogP contribution in [0.1, 0.15) is 33.5 Å². The highest BCUT2D eigenvalue weighted by Gasteiger charge is 2.25. The number of nitriles is 1. The maximum atomic E-state index is 9.78. The van der Waals surface area contributed by atoms with Gasteiger partial charge in [0.1, 0.15) is 11.4 Å². The van der Waals surface area contributed by atoms with Crippen molar-refractivity contribution < 1.29 is 0 Å². The first kappa shape index (κ1) is 19.1. The Kier molecular flexibility index (Phi) is 4.59. The van der Waals surface area contributed by atoms with Crippen LogP contribution in [-0.2, 0) is 0 Å². The van der Waals surface area contributed by atoms with Crippen molar-refractivity contribution in [1.82, 2.24) is 19.4 Å². The summed E-state index contributed by atoms with van der Waals surface area (Å²) in [5, 5.41) is 14.9. The van der Waals surface area contributed by atoms with E-state index in [2.05, 4.69) is 51.9 Å². The molecule has 0 fully saturated rings. The molecule has 3 heterocycles. The molecule has 0 saturated heterocycles. The average Bonchev–Trinajstić information content (AvgIpc) is 3.26. The van der Waals surface area contributed by atoms with Crippen LogP contribution in [0.5, 0.6) is 0 Å². The Bertz CT molecular complexity index is 1310. The SMILES string of the molecule is CNc1nccc(-c2c(-c3c(C)c(C)c(C)c(C#N)c3C)nc3scc(C)n23)n1. The second-order valence-electron chi connectivity index (χ2n) is 7.18. The van der Waals surface area contributed by atoms with Crippen LogP contribution in [0.2, 0.25) is 0 Å². The molecule has 29 heavy (non-hydrogen) atoms. The van der Waals surface area contributed by atoms with Gasteiger partial charge >= 0.3 is 0 Å². The minimum atomic E-state index is 0.558. The summed E-state index contributed by atoms with van der Waals surface area (Å²) in [6.45, 7) is 10.3. The van der Waals surface area contributed by atoms with Crippen LogP contribution in [0, 0.1) is 45.9 Å². The van der Waals surface area contributed by atoms with E-state index in [-0.39, 0.29) is 0 Å². The smallest absolute Gasteiger partial charge is 0.222 e. The number of benzene rings is 1. The fraction of sp³-hybridized carbons (Fsp3) is 0.273. The van der Waals surface area contributed by atoms with Crippen LogP contribution < -0.4 is 5.32 Å². The third kappa shape index (κ3) is 2.79. The maximum absolute atomic E-state index is 9.78. The van der Waals surface area contributed by atoms with Crippen molar-refractivity contribution >= 4 is 22.2 Å². The topological polar surface area (TPSA) is 78.9 Å². The molecule has 0 aliphatic carbocycles. The zero-order valence-electron chi connectivity index (χ0n) is 17.4.